The number of benzene rings is 1. The number of amides is 1. The minimum Gasteiger partial charge on any atom is -0.425 e. The lowest BCUT2D eigenvalue weighted by Gasteiger charge is -2.42. The summed E-state index contributed by atoms with van der Waals surface area (Å²) in [5.41, 5.74) is 3.48. The molecule has 11 heteroatoms. The van der Waals surface area contributed by atoms with Crippen LogP contribution in [0.2, 0.25) is 5.02 Å². The van der Waals surface area contributed by atoms with Gasteiger partial charge in [-0.3, -0.25) is 14.4 Å². The van der Waals surface area contributed by atoms with Crippen molar-refractivity contribution in [3.63, 3.8) is 0 Å². The number of carbonyl (C=O) groups is 1. The summed E-state index contributed by atoms with van der Waals surface area (Å²) in [5, 5.41) is 9.50. The SMILES string of the molecule is C=CN(C)C(/N=C\C)=[N+]1CC2(CN(C(=O)c3cncs3)CC2c2nnc(Cc3ccc(C)c(Cl)c3)o2)C1. The van der Waals surface area contributed by atoms with Crippen LogP contribution in [0.5, 0.6) is 0 Å². The van der Waals surface area contributed by atoms with Crippen LogP contribution in [0, 0.1) is 12.3 Å². The Bertz CT molecular complexity index is 1370. The van der Waals surface area contributed by atoms with E-state index in [9.17, 15) is 4.79 Å². The molecule has 192 valence electrons. The molecule has 1 aromatic carbocycles. The molecule has 2 aliphatic heterocycles. The molecule has 2 saturated heterocycles. The van der Waals surface area contributed by atoms with Crippen molar-refractivity contribution in [2.45, 2.75) is 26.2 Å². The normalized spacial score (nSPS) is 21.0. The minimum atomic E-state index is -0.228. The van der Waals surface area contributed by atoms with E-state index in [1.807, 2.05) is 48.9 Å². The number of aromatic nitrogens is 3. The lowest BCUT2D eigenvalue weighted by Crippen LogP contribution is -2.58. The summed E-state index contributed by atoms with van der Waals surface area (Å²) in [5.74, 6) is 1.80. The molecule has 1 amide bonds. The fourth-order valence-electron chi connectivity index (χ4n) is 5.11. The highest BCUT2D eigenvalue weighted by Crippen LogP contribution is 2.48. The molecule has 0 saturated carbocycles. The highest BCUT2D eigenvalue weighted by molar-refractivity contribution is 7.11. The topological polar surface area (TPSA) is 90.7 Å². The van der Waals surface area contributed by atoms with Gasteiger partial charge in [0, 0.05) is 18.1 Å². The molecule has 4 heterocycles. The van der Waals surface area contributed by atoms with Gasteiger partial charge in [0.1, 0.15) is 4.88 Å². The van der Waals surface area contributed by atoms with Crippen molar-refractivity contribution in [2.24, 2.45) is 10.4 Å². The van der Waals surface area contributed by atoms with Crippen molar-refractivity contribution in [1.29, 1.82) is 0 Å². The van der Waals surface area contributed by atoms with Gasteiger partial charge in [-0.1, -0.05) is 35.3 Å². The maximum Gasteiger partial charge on any atom is 0.393 e. The summed E-state index contributed by atoms with van der Waals surface area (Å²) in [7, 11) is 1.92. The van der Waals surface area contributed by atoms with Crippen LogP contribution in [0.15, 0.2) is 52.1 Å². The molecular weight excluding hydrogens is 510 g/mol. The Morgan fingerprint density at radius 1 is 1.43 bits per heavy atom. The standard InChI is InChI=1S/C26H29ClN7O2S/c1-5-29-25(32(4)6-2)34-14-26(15-34)13-33(24(35)21-11-28-16-37-21)12-19(26)23-31-30-22(36-23)10-18-8-7-17(3)20(27)9-18/h5-9,11,16,19H,2,10,12-15H2,1,3-4H3/q+1. The Balaban J connectivity index is 1.43. The second-order valence-electron chi connectivity index (χ2n) is 9.60. The van der Waals surface area contributed by atoms with Gasteiger partial charge in [-0.25, -0.2) is 4.90 Å². The average molecular weight is 539 g/mol. The van der Waals surface area contributed by atoms with Gasteiger partial charge < -0.3 is 9.32 Å². The van der Waals surface area contributed by atoms with E-state index in [0.717, 1.165) is 17.1 Å². The van der Waals surface area contributed by atoms with Crippen LogP contribution in [0.4, 0.5) is 0 Å². The van der Waals surface area contributed by atoms with E-state index in [2.05, 4.69) is 31.3 Å². The lowest BCUT2D eigenvalue weighted by molar-refractivity contribution is -0.631. The molecule has 5 rings (SSSR count). The van der Waals surface area contributed by atoms with Gasteiger partial charge in [-0.05, 0) is 31.0 Å². The highest BCUT2D eigenvalue weighted by Gasteiger charge is 2.59. The molecule has 1 spiro atoms. The number of halogens is 1. The number of rotatable bonds is 5. The molecule has 3 aromatic rings. The second kappa shape index (κ2) is 10.2. The number of carbonyl (C=O) groups excluding carboxylic acids is 1. The molecule has 2 aliphatic rings. The molecular formula is C26H29ClN7O2S+. The van der Waals surface area contributed by atoms with Crippen molar-refractivity contribution < 1.29 is 13.8 Å². The van der Waals surface area contributed by atoms with E-state index in [1.165, 1.54) is 11.3 Å². The third-order valence-corrected chi connectivity index (χ3v) is 8.25. The van der Waals surface area contributed by atoms with E-state index in [1.54, 1.807) is 24.1 Å². The predicted octanol–water partition coefficient (Wildman–Crippen LogP) is 3.85. The van der Waals surface area contributed by atoms with Gasteiger partial charge in [0.2, 0.25) is 11.8 Å². The van der Waals surface area contributed by atoms with Gasteiger partial charge in [-0.15, -0.1) is 21.5 Å². The first-order chi connectivity index (χ1) is 17.8. The molecule has 0 bridgehead atoms. The Labute approximate surface area is 224 Å². The van der Waals surface area contributed by atoms with Crippen molar-refractivity contribution in [3.8, 4) is 0 Å². The van der Waals surface area contributed by atoms with Gasteiger partial charge in [0.05, 0.1) is 62.0 Å². The molecule has 9 nitrogen and oxygen atoms in total. The number of nitrogens with zero attached hydrogens (tertiary/aromatic N) is 7. The van der Waals surface area contributed by atoms with Crippen LogP contribution in [0.25, 0.3) is 0 Å². The zero-order chi connectivity index (χ0) is 26.2. The lowest BCUT2D eigenvalue weighted by atomic mass is 9.72. The molecule has 37 heavy (non-hydrogen) atoms. The zero-order valence-electron chi connectivity index (χ0n) is 21.1. The maximum atomic E-state index is 13.2. The highest BCUT2D eigenvalue weighted by atomic mass is 35.5. The van der Waals surface area contributed by atoms with E-state index in [-0.39, 0.29) is 17.2 Å². The number of aliphatic imine (C=N–C) groups is 1. The Hall–Kier alpha value is -3.37. The fourth-order valence-corrected chi connectivity index (χ4v) is 5.90. The van der Waals surface area contributed by atoms with Crippen LogP contribution >= 0.6 is 22.9 Å². The first kappa shape index (κ1) is 25.3. The molecule has 1 atom stereocenters. The molecule has 1 unspecified atom stereocenters. The van der Waals surface area contributed by atoms with Crippen LogP contribution < -0.4 is 0 Å². The molecule has 0 radical (unpaired) electrons. The van der Waals surface area contributed by atoms with Gasteiger partial charge in [0.15, 0.2) is 0 Å². The monoisotopic (exact) mass is 538 g/mol. The first-order valence-corrected chi connectivity index (χ1v) is 13.3. The van der Waals surface area contributed by atoms with Crippen molar-refractivity contribution in [1.82, 2.24) is 25.0 Å². The van der Waals surface area contributed by atoms with Crippen LogP contribution in [0.3, 0.4) is 0 Å². The van der Waals surface area contributed by atoms with Crippen molar-refractivity contribution >= 4 is 41.0 Å². The zero-order valence-corrected chi connectivity index (χ0v) is 22.7. The van der Waals surface area contributed by atoms with Gasteiger partial charge in [-0.2, -0.15) is 0 Å². The summed E-state index contributed by atoms with van der Waals surface area (Å²) in [6.45, 7) is 10.3. The number of likely N-dealkylation sites (tertiary alicyclic amines) is 1. The minimum absolute atomic E-state index is 0.0177. The van der Waals surface area contributed by atoms with E-state index in [4.69, 9.17) is 16.0 Å². The quantitative estimate of drug-likeness (QED) is 0.278. The molecule has 0 aliphatic carbocycles. The fraction of sp³-hybridized carbons (Fsp3) is 0.385. The molecule has 0 N–H and O–H groups in total. The Morgan fingerprint density at radius 2 is 2.24 bits per heavy atom. The Morgan fingerprint density at radius 3 is 2.92 bits per heavy atom. The molecule has 2 aromatic heterocycles. The van der Waals surface area contributed by atoms with E-state index < -0.39 is 0 Å². The van der Waals surface area contributed by atoms with Gasteiger partial charge >= 0.3 is 5.96 Å². The maximum absolute atomic E-state index is 13.2. The van der Waals surface area contributed by atoms with E-state index in [0.29, 0.717) is 54.3 Å². The van der Waals surface area contributed by atoms with Crippen LogP contribution in [-0.4, -0.2) is 80.9 Å². The second-order valence-corrected chi connectivity index (χ2v) is 10.9. The summed E-state index contributed by atoms with van der Waals surface area (Å²) in [6, 6.07) is 5.93. The average Bonchev–Trinajstić information content (AvgIpc) is 3.63. The van der Waals surface area contributed by atoms with Gasteiger partial charge in [0.25, 0.3) is 5.91 Å². The number of hydrogen-bond acceptors (Lipinski definition) is 6. The smallest absolute Gasteiger partial charge is 0.393 e. The van der Waals surface area contributed by atoms with E-state index >= 15 is 0 Å². The number of thiazole rings is 1. The summed E-state index contributed by atoms with van der Waals surface area (Å²) >= 11 is 7.65. The third kappa shape index (κ3) is 4.83. The van der Waals surface area contributed by atoms with Crippen molar-refractivity contribution in [3.05, 3.63) is 75.5 Å². The molecule has 2 fully saturated rings. The van der Waals surface area contributed by atoms with Crippen LogP contribution in [0.1, 0.15) is 45.4 Å². The summed E-state index contributed by atoms with van der Waals surface area (Å²) in [6.07, 6.45) is 5.63. The van der Waals surface area contributed by atoms with Crippen molar-refractivity contribution in [2.75, 3.05) is 33.2 Å². The summed E-state index contributed by atoms with van der Waals surface area (Å²) < 4.78 is 8.40. The number of hydrogen-bond donors (Lipinski definition) is 0. The summed E-state index contributed by atoms with van der Waals surface area (Å²) in [4.78, 5) is 26.3. The largest absolute Gasteiger partial charge is 0.425 e. The predicted molar refractivity (Wildman–Crippen MR) is 144 cm³/mol. The Kier molecular flexibility index (Phi) is 6.96. The number of aryl methyl sites for hydroxylation is 1. The van der Waals surface area contributed by atoms with Crippen LogP contribution in [-0.2, 0) is 6.42 Å². The first-order valence-electron chi connectivity index (χ1n) is 12.0. The number of guanidine groups is 1. The third-order valence-electron chi connectivity index (χ3n) is 7.08.